The molecule has 0 aromatic heterocycles. The number of ketones is 1. The number of imide groups is 1. The van der Waals surface area contributed by atoms with Crippen LogP contribution >= 0.6 is 0 Å². The van der Waals surface area contributed by atoms with Crippen LogP contribution in [-0.2, 0) is 9.59 Å². The first-order valence-electron chi connectivity index (χ1n) is 10.2. The molecule has 0 unspecified atom stereocenters. The van der Waals surface area contributed by atoms with Gasteiger partial charge in [-0.1, -0.05) is 36.4 Å². The second-order valence-electron chi connectivity index (χ2n) is 7.87. The molecule has 3 aliphatic heterocycles. The number of hydrazone groups is 1. The minimum absolute atomic E-state index is 0.0168. The molecule has 2 saturated heterocycles. The van der Waals surface area contributed by atoms with Gasteiger partial charge in [-0.2, -0.15) is 5.10 Å². The van der Waals surface area contributed by atoms with E-state index in [4.69, 9.17) is 4.74 Å². The number of allylic oxidation sites excluding steroid dienone is 1. The molecule has 4 atom stereocenters. The quantitative estimate of drug-likeness (QED) is 0.299. The fraction of sp³-hybridized carbons (Fsp3) is 0.217. The van der Waals surface area contributed by atoms with Gasteiger partial charge in [0, 0.05) is 23.9 Å². The maximum absolute atomic E-state index is 13.7. The summed E-state index contributed by atoms with van der Waals surface area (Å²) in [7, 11) is 1.35. The van der Waals surface area contributed by atoms with Crippen LogP contribution in [0.15, 0.2) is 65.8 Å². The molecule has 5 rings (SSSR count). The Morgan fingerprint density at radius 1 is 1.09 bits per heavy atom. The van der Waals surface area contributed by atoms with E-state index in [1.807, 2.05) is 0 Å². The van der Waals surface area contributed by atoms with Crippen LogP contribution < -0.4 is 9.64 Å². The van der Waals surface area contributed by atoms with Gasteiger partial charge in [0.25, 0.3) is 5.69 Å². The summed E-state index contributed by atoms with van der Waals surface area (Å²) >= 11 is 0. The Hall–Kier alpha value is -4.34. The molecule has 3 aliphatic rings. The number of anilines is 1. The molecular formula is C23H18N4O6. The normalized spacial score (nSPS) is 25.2. The molecule has 2 aromatic carbocycles. The molecule has 0 saturated carbocycles. The number of carbonyl (C=O) groups excluding carboxylic acids is 3. The van der Waals surface area contributed by atoms with Crippen molar-refractivity contribution in [2.45, 2.75) is 12.1 Å². The highest BCUT2D eigenvalue weighted by molar-refractivity contribution is 6.25. The Morgan fingerprint density at radius 3 is 2.52 bits per heavy atom. The molecule has 0 spiro atoms. The smallest absolute Gasteiger partial charge is 0.271 e. The average molecular weight is 446 g/mol. The molecule has 2 aromatic rings. The summed E-state index contributed by atoms with van der Waals surface area (Å²) in [6.07, 6.45) is 4.92. The van der Waals surface area contributed by atoms with Crippen LogP contribution in [0, 0.1) is 22.0 Å². The van der Waals surface area contributed by atoms with Crippen molar-refractivity contribution in [2.75, 3.05) is 12.0 Å². The van der Waals surface area contributed by atoms with Crippen LogP contribution in [0.1, 0.15) is 10.4 Å². The van der Waals surface area contributed by atoms with Crippen molar-refractivity contribution in [1.29, 1.82) is 0 Å². The van der Waals surface area contributed by atoms with E-state index < -0.39 is 40.7 Å². The lowest BCUT2D eigenvalue weighted by atomic mass is 9.86. The monoisotopic (exact) mass is 446 g/mol. The highest BCUT2D eigenvalue weighted by atomic mass is 16.6. The number of fused-ring (bicyclic) bond motifs is 3. The fourth-order valence-corrected chi connectivity index (χ4v) is 4.81. The molecule has 0 aliphatic carbocycles. The number of non-ortho nitro benzene ring substituents is 1. The van der Waals surface area contributed by atoms with Crippen molar-refractivity contribution < 1.29 is 24.0 Å². The van der Waals surface area contributed by atoms with Crippen molar-refractivity contribution in [3.8, 4) is 5.75 Å². The summed E-state index contributed by atoms with van der Waals surface area (Å²) in [5.74, 6) is -3.22. The van der Waals surface area contributed by atoms with Crippen LogP contribution in [0.3, 0.4) is 0 Å². The summed E-state index contributed by atoms with van der Waals surface area (Å²) in [5.41, 5.74) is 0.0966. The molecule has 0 bridgehead atoms. The first-order valence-corrected chi connectivity index (χ1v) is 10.2. The summed E-state index contributed by atoms with van der Waals surface area (Å²) in [4.78, 5) is 52.3. The van der Waals surface area contributed by atoms with Crippen molar-refractivity contribution in [3.63, 3.8) is 0 Å². The minimum Gasteiger partial charge on any atom is -0.495 e. The summed E-state index contributed by atoms with van der Waals surface area (Å²) in [6.45, 7) is 0. The molecule has 10 heteroatoms. The number of benzene rings is 2. The maximum Gasteiger partial charge on any atom is 0.271 e. The van der Waals surface area contributed by atoms with Crippen molar-refractivity contribution in [3.05, 3.63) is 76.4 Å². The minimum atomic E-state index is -1.00. The second-order valence-corrected chi connectivity index (χ2v) is 7.87. The molecule has 2 amide bonds. The third-order valence-electron chi connectivity index (χ3n) is 6.23. The summed E-state index contributed by atoms with van der Waals surface area (Å²) in [5, 5.41) is 17.1. The van der Waals surface area contributed by atoms with Crippen molar-refractivity contribution in [1.82, 2.24) is 5.01 Å². The van der Waals surface area contributed by atoms with E-state index in [0.29, 0.717) is 5.56 Å². The van der Waals surface area contributed by atoms with Crippen LogP contribution in [-0.4, -0.2) is 52.9 Å². The molecule has 0 radical (unpaired) electrons. The van der Waals surface area contributed by atoms with Crippen LogP contribution in [0.4, 0.5) is 11.4 Å². The molecular weight excluding hydrogens is 428 g/mol. The Morgan fingerprint density at radius 2 is 1.82 bits per heavy atom. The number of nitrogens with zero attached hydrogens (tertiary/aromatic N) is 4. The molecule has 166 valence electrons. The lowest BCUT2D eigenvalue weighted by Gasteiger charge is -2.30. The molecule has 3 heterocycles. The molecule has 10 nitrogen and oxygen atoms in total. The van der Waals surface area contributed by atoms with Gasteiger partial charge in [0.2, 0.25) is 11.8 Å². The van der Waals surface area contributed by atoms with Gasteiger partial charge in [0.15, 0.2) is 5.78 Å². The predicted molar refractivity (Wildman–Crippen MR) is 117 cm³/mol. The predicted octanol–water partition coefficient (Wildman–Crippen LogP) is 2.20. The fourth-order valence-electron chi connectivity index (χ4n) is 4.81. The van der Waals surface area contributed by atoms with Crippen LogP contribution in [0.2, 0.25) is 0 Å². The van der Waals surface area contributed by atoms with Gasteiger partial charge in [0.05, 0.1) is 29.9 Å². The average Bonchev–Trinajstić information content (AvgIpc) is 3.31. The van der Waals surface area contributed by atoms with Crippen molar-refractivity contribution >= 4 is 35.2 Å². The number of carbonyl (C=O) groups is 3. The third kappa shape index (κ3) is 3.02. The van der Waals surface area contributed by atoms with Gasteiger partial charge >= 0.3 is 0 Å². The topological polar surface area (TPSA) is 122 Å². The second kappa shape index (κ2) is 7.66. The lowest BCUT2D eigenvalue weighted by Crippen LogP contribution is -2.46. The molecule has 0 N–H and O–H groups in total. The zero-order chi connectivity index (χ0) is 23.3. The number of rotatable bonds is 5. The van der Waals surface area contributed by atoms with Gasteiger partial charge in [-0.15, -0.1) is 0 Å². The van der Waals surface area contributed by atoms with E-state index >= 15 is 0 Å². The summed E-state index contributed by atoms with van der Waals surface area (Å²) < 4.78 is 5.28. The number of amides is 2. The van der Waals surface area contributed by atoms with E-state index in [9.17, 15) is 24.5 Å². The highest BCUT2D eigenvalue weighted by Crippen LogP contribution is 2.48. The zero-order valence-corrected chi connectivity index (χ0v) is 17.4. The zero-order valence-electron chi connectivity index (χ0n) is 17.4. The Kier molecular flexibility index (Phi) is 4.77. The van der Waals surface area contributed by atoms with E-state index in [1.165, 1.54) is 30.5 Å². The number of ether oxygens (including phenoxy) is 1. The Bertz CT molecular complexity index is 1240. The lowest BCUT2D eigenvalue weighted by molar-refractivity contribution is -0.384. The maximum atomic E-state index is 13.7. The van der Waals surface area contributed by atoms with Gasteiger partial charge in [-0.25, -0.2) is 4.90 Å². The van der Waals surface area contributed by atoms with E-state index in [2.05, 4.69) is 5.10 Å². The largest absolute Gasteiger partial charge is 0.495 e. The Labute approximate surface area is 187 Å². The first-order chi connectivity index (χ1) is 15.9. The SMILES string of the molecule is COc1ccc([N+](=O)[O-])cc1N1C(=O)[C@@H]2[C@H](C1=O)[C@@H](C(=O)c1ccccc1)N1N=CC=C[C@@H]21. The van der Waals surface area contributed by atoms with E-state index in [1.54, 1.807) is 42.5 Å². The van der Waals surface area contributed by atoms with Gasteiger partial charge in [-0.3, -0.25) is 29.5 Å². The van der Waals surface area contributed by atoms with Crippen molar-refractivity contribution in [2.24, 2.45) is 16.9 Å². The number of hydrogen-bond donors (Lipinski definition) is 0. The van der Waals surface area contributed by atoms with E-state index in [0.717, 1.165) is 11.0 Å². The molecule has 33 heavy (non-hydrogen) atoms. The summed E-state index contributed by atoms with van der Waals surface area (Å²) in [6, 6.07) is 10.6. The first kappa shape index (κ1) is 20.6. The van der Waals surface area contributed by atoms with Gasteiger partial charge in [0.1, 0.15) is 17.5 Å². The number of hydrogen-bond acceptors (Lipinski definition) is 8. The van der Waals surface area contributed by atoms with Gasteiger partial charge in [-0.05, 0) is 12.1 Å². The standard InChI is InChI=1S/C23H18N4O6/c1-33-17-10-9-14(27(31)32)12-16(17)25-22(29)18-15-8-5-11-24-26(15)20(19(18)23(25)30)21(28)13-6-3-2-4-7-13/h2-12,15,18-20H,1H3/t15-,18-,19-,20-/m0/s1. The Balaban J connectivity index is 1.61. The van der Waals surface area contributed by atoms with Crippen LogP contribution in [0.25, 0.3) is 0 Å². The highest BCUT2D eigenvalue weighted by Gasteiger charge is 2.64. The number of nitro benzene ring substituents is 1. The van der Waals surface area contributed by atoms with Gasteiger partial charge < -0.3 is 4.74 Å². The third-order valence-corrected chi connectivity index (χ3v) is 6.23. The molecule has 2 fully saturated rings. The number of Topliss-reactive ketones (excluding diaryl/α,β-unsaturated/α-hetero) is 1. The van der Waals surface area contributed by atoms with Crippen LogP contribution in [0.5, 0.6) is 5.75 Å². The number of nitro groups is 1. The van der Waals surface area contributed by atoms with E-state index in [-0.39, 0.29) is 22.9 Å². The number of methoxy groups -OCH3 is 1.